The number of carbonyl (C=O) groups is 1. The zero-order valence-corrected chi connectivity index (χ0v) is 16.4. The summed E-state index contributed by atoms with van der Waals surface area (Å²) in [5.74, 6) is 1.94. The number of nitrogens with zero attached hydrogens (tertiary/aromatic N) is 3. The summed E-state index contributed by atoms with van der Waals surface area (Å²) in [4.78, 5) is 15.4. The number of amides is 1. The lowest BCUT2D eigenvalue weighted by Crippen LogP contribution is -2.19. The molecule has 1 aliphatic rings. The van der Waals surface area contributed by atoms with Crippen LogP contribution in [0, 0.1) is 0 Å². The average Bonchev–Trinajstić information content (AvgIpc) is 3.20. The maximum absolute atomic E-state index is 10.8. The Morgan fingerprint density at radius 2 is 1.87 bits per heavy atom. The second-order valence-corrected chi connectivity index (χ2v) is 6.88. The Balaban J connectivity index is 1.40. The van der Waals surface area contributed by atoms with Crippen LogP contribution in [0.4, 0.5) is 11.6 Å². The average molecular weight is 417 g/mol. The normalized spacial score (nSPS) is 12.5. The molecule has 2 aromatic carbocycles. The van der Waals surface area contributed by atoms with Gasteiger partial charge in [-0.1, -0.05) is 6.07 Å². The number of benzene rings is 2. The van der Waals surface area contributed by atoms with Crippen molar-refractivity contribution in [3.05, 3.63) is 60.7 Å². The standard InChI is InChI=1S/C22H19N5O4/c23-20(28)13-31-16-7-5-15(6-8-16)24-22-25-21-3-1-2-17(27(21)26-22)14-4-9-18-19(12-14)30-11-10-29-18/h1-9,12H,10-11,13H2,(H2,23,28)(H,24,26). The molecule has 9 nitrogen and oxygen atoms in total. The van der Waals surface area contributed by atoms with Gasteiger partial charge in [-0.25, -0.2) is 4.52 Å². The number of anilines is 2. The Bertz CT molecular complexity index is 1250. The first-order chi connectivity index (χ1) is 15.2. The summed E-state index contributed by atoms with van der Waals surface area (Å²) >= 11 is 0. The van der Waals surface area contributed by atoms with Crippen molar-refractivity contribution >= 4 is 23.2 Å². The molecule has 0 fully saturated rings. The first-order valence-electron chi connectivity index (χ1n) is 9.70. The van der Waals surface area contributed by atoms with Gasteiger partial charge in [0, 0.05) is 11.3 Å². The van der Waals surface area contributed by atoms with E-state index in [9.17, 15) is 4.79 Å². The van der Waals surface area contributed by atoms with E-state index in [0.717, 1.165) is 28.4 Å². The smallest absolute Gasteiger partial charge is 0.255 e. The fourth-order valence-electron chi connectivity index (χ4n) is 3.30. The summed E-state index contributed by atoms with van der Waals surface area (Å²) in [5.41, 5.74) is 8.40. The van der Waals surface area contributed by atoms with Crippen LogP contribution in [-0.4, -0.2) is 40.3 Å². The van der Waals surface area contributed by atoms with Gasteiger partial charge in [-0.3, -0.25) is 4.79 Å². The van der Waals surface area contributed by atoms with E-state index in [2.05, 4.69) is 15.4 Å². The van der Waals surface area contributed by atoms with E-state index in [1.807, 2.05) is 48.5 Å². The largest absolute Gasteiger partial charge is 0.486 e. The van der Waals surface area contributed by atoms with Crippen molar-refractivity contribution in [3.63, 3.8) is 0 Å². The molecule has 0 spiro atoms. The first kappa shape index (κ1) is 18.7. The van der Waals surface area contributed by atoms with Crippen LogP contribution in [0.2, 0.25) is 0 Å². The van der Waals surface area contributed by atoms with Gasteiger partial charge in [0.15, 0.2) is 23.8 Å². The van der Waals surface area contributed by atoms with E-state index in [0.29, 0.717) is 30.6 Å². The van der Waals surface area contributed by atoms with E-state index in [4.69, 9.17) is 19.9 Å². The number of pyridine rings is 1. The SMILES string of the molecule is NC(=O)COc1ccc(Nc2nc3cccc(-c4ccc5c(c4)OCCO5)n3n2)cc1. The Morgan fingerprint density at radius 1 is 1.06 bits per heavy atom. The van der Waals surface area contributed by atoms with Crippen molar-refractivity contribution < 1.29 is 19.0 Å². The van der Waals surface area contributed by atoms with Crippen molar-refractivity contribution in [2.24, 2.45) is 5.73 Å². The number of ether oxygens (including phenoxy) is 3. The molecule has 0 radical (unpaired) electrons. The highest BCUT2D eigenvalue weighted by Gasteiger charge is 2.15. The molecule has 0 saturated heterocycles. The van der Waals surface area contributed by atoms with Crippen molar-refractivity contribution in [1.82, 2.24) is 14.6 Å². The van der Waals surface area contributed by atoms with E-state index < -0.39 is 5.91 Å². The molecule has 4 aromatic rings. The van der Waals surface area contributed by atoms with Gasteiger partial charge < -0.3 is 25.3 Å². The first-order valence-corrected chi connectivity index (χ1v) is 9.70. The van der Waals surface area contributed by atoms with Crippen LogP contribution in [0.3, 0.4) is 0 Å². The predicted octanol–water partition coefficient (Wildman–Crippen LogP) is 2.78. The van der Waals surface area contributed by atoms with Crippen LogP contribution >= 0.6 is 0 Å². The van der Waals surface area contributed by atoms with Crippen molar-refractivity contribution in [2.45, 2.75) is 0 Å². The predicted molar refractivity (Wildman–Crippen MR) is 114 cm³/mol. The van der Waals surface area contributed by atoms with Gasteiger partial charge in [0.05, 0.1) is 5.69 Å². The van der Waals surface area contributed by atoms with Gasteiger partial charge in [-0.05, 0) is 54.6 Å². The fourth-order valence-corrected chi connectivity index (χ4v) is 3.30. The van der Waals surface area contributed by atoms with Crippen molar-refractivity contribution in [3.8, 4) is 28.5 Å². The summed E-state index contributed by atoms with van der Waals surface area (Å²) in [6.07, 6.45) is 0. The highest BCUT2D eigenvalue weighted by Crippen LogP contribution is 2.34. The zero-order chi connectivity index (χ0) is 21.2. The van der Waals surface area contributed by atoms with Gasteiger partial charge in [0.25, 0.3) is 5.91 Å². The maximum Gasteiger partial charge on any atom is 0.255 e. The number of nitrogens with two attached hydrogens (primary N) is 1. The highest BCUT2D eigenvalue weighted by atomic mass is 16.6. The lowest BCUT2D eigenvalue weighted by Gasteiger charge is -2.19. The third-order valence-corrected chi connectivity index (χ3v) is 4.69. The van der Waals surface area contributed by atoms with Crippen LogP contribution in [0.15, 0.2) is 60.7 Å². The molecule has 1 aliphatic heterocycles. The highest BCUT2D eigenvalue weighted by molar-refractivity contribution is 5.75. The summed E-state index contributed by atoms with van der Waals surface area (Å²) in [7, 11) is 0. The molecule has 3 N–H and O–H groups in total. The second kappa shape index (κ2) is 7.86. The van der Waals surface area contributed by atoms with Crippen LogP contribution in [0.25, 0.3) is 16.9 Å². The number of nitrogens with one attached hydrogen (secondary N) is 1. The number of carbonyl (C=O) groups excluding carboxylic acids is 1. The van der Waals surface area contributed by atoms with Crippen LogP contribution in [0.1, 0.15) is 0 Å². The molecular formula is C22H19N5O4. The van der Waals surface area contributed by atoms with Crippen molar-refractivity contribution in [1.29, 1.82) is 0 Å². The molecule has 2 aromatic heterocycles. The Kier molecular flexibility index (Phi) is 4.75. The molecule has 0 saturated carbocycles. The fraction of sp³-hybridized carbons (Fsp3) is 0.136. The van der Waals surface area contributed by atoms with E-state index >= 15 is 0 Å². The number of hydrogen-bond acceptors (Lipinski definition) is 7. The molecule has 31 heavy (non-hydrogen) atoms. The monoisotopic (exact) mass is 417 g/mol. The van der Waals surface area contributed by atoms with Gasteiger partial charge in [-0.15, -0.1) is 5.10 Å². The quantitative estimate of drug-likeness (QED) is 0.496. The topological polar surface area (TPSA) is 113 Å². The number of fused-ring (bicyclic) bond motifs is 2. The zero-order valence-electron chi connectivity index (χ0n) is 16.4. The van der Waals surface area contributed by atoms with E-state index in [1.165, 1.54) is 0 Å². The molecule has 3 heterocycles. The number of aromatic nitrogens is 3. The second-order valence-electron chi connectivity index (χ2n) is 6.88. The molecule has 156 valence electrons. The summed E-state index contributed by atoms with van der Waals surface area (Å²) in [6.45, 7) is 0.923. The van der Waals surface area contributed by atoms with Crippen LogP contribution in [0.5, 0.6) is 17.2 Å². The number of hydrogen-bond donors (Lipinski definition) is 2. The maximum atomic E-state index is 10.8. The number of rotatable bonds is 6. The molecule has 9 heteroatoms. The summed E-state index contributed by atoms with van der Waals surface area (Å²) < 4.78 is 18.4. The molecule has 5 rings (SSSR count). The lowest BCUT2D eigenvalue weighted by molar-refractivity contribution is -0.119. The number of primary amides is 1. The molecule has 0 bridgehead atoms. The Hall–Kier alpha value is -4.27. The minimum absolute atomic E-state index is 0.163. The van der Waals surface area contributed by atoms with Gasteiger partial charge in [0.1, 0.15) is 19.0 Å². The van der Waals surface area contributed by atoms with Crippen LogP contribution < -0.4 is 25.3 Å². The van der Waals surface area contributed by atoms with Crippen LogP contribution in [-0.2, 0) is 4.79 Å². The molecule has 0 atom stereocenters. The minimum Gasteiger partial charge on any atom is -0.486 e. The lowest BCUT2D eigenvalue weighted by atomic mass is 10.1. The molecular weight excluding hydrogens is 398 g/mol. The van der Waals surface area contributed by atoms with Gasteiger partial charge >= 0.3 is 0 Å². The summed E-state index contributed by atoms with van der Waals surface area (Å²) in [5, 5.41) is 7.79. The third-order valence-electron chi connectivity index (χ3n) is 4.69. The molecule has 0 unspecified atom stereocenters. The summed E-state index contributed by atoms with van der Waals surface area (Å²) in [6, 6.07) is 18.7. The Morgan fingerprint density at radius 3 is 2.68 bits per heavy atom. The van der Waals surface area contributed by atoms with E-state index in [1.54, 1.807) is 16.6 Å². The molecule has 1 amide bonds. The Labute approximate surface area is 177 Å². The van der Waals surface area contributed by atoms with E-state index in [-0.39, 0.29) is 6.61 Å². The van der Waals surface area contributed by atoms with Gasteiger partial charge in [0.2, 0.25) is 5.95 Å². The molecule has 0 aliphatic carbocycles. The van der Waals surface area contributed by atoms with Crippen molar-refractivity contribution in [2.75, 3.05) is 25.1 Å². The third kappa shape index (κ3) is 3.93. The van der Waals surface area contributed by atoms with Gasteiger partial charge in [-0.2, -0.15) is 4.98 Å². The minimum atomic E-state index is -0.523.